The Bertz CT molecular complexity index is 504. The van der Waals surface area contributed by atoms with Gasteiger partial charge in [0.25, 0.3) is 0 Å². The van der Waals surface area contributed by atoms with Gasteiger partial charge in [0, 0.05) is 31.9 Å². The van der Waals surface area contributed by atoms with Gasteiger partial charge >= 0.3 is 11.8 Å². The van der Waals surface area contributed by atoms with Gasteiger partial charge in [-0.1, -0.05) is 0 Å². The Morgan fingerprint density at radius 2 is 2.00 bits per heavy atom. The van der Waals surface area contributed by atoms with Gasteiger partial charge in [0.15, 0.2) is 0 Å². The Morgan fingerprint density at radius 3 is 2.63 bits per heavy atom. The van der Waals surface area contributed by atoms with E-state index in [1.807, 2.05) is 0 Å². The number of hydrogen-bond donors (Lipinski definition) is 2. The van der Waals surface area contributed by atoms with E-state index in [1.54, 1.807) is 0 Å². The average molecular weight is 330 g/mol. The smallest absolute Gasteiger partial charge is 0.313 e. The zero-order valence-corrected chi connectivity index (χ0v) is 11.7. The molecule has 1 heterocycles. The third-order valence-electron chi connectivity index (χ3n) is 2.78. The molecule has 0 radical (unpaired) electrons. The molecular formula is C12H13BrFN3O2. The number of halogens is 2. The standard InChI is InChI=1S/C12H13BrFN3O2/c13-9-2-1-8(7-10(9)14)16-11(18)12(19)17-5-3-15-4-6-17/h1-2,7,15H,3-6H2,(H,16,18). The van der Waals surface area contributed by atoms with Gasteiger partial charge in [0.2, 0.25) is 0 Å². The van der Waals surface area contributed by atoms with Gasteiger partial charge in [-0.25, -0.2) is 4.39 Å². The monoisotopic (exact) mass is 329 g/mol. The van der Waals surface area contributed by atoms with Crippen molar-refractivity contribution in [2.24, 2.45) is 0 Å². The first-order valence-corrected chi connectivity index (χ1v) is 6.63. The molecule has 1 aliphatic heterocycles. The molecule has 0 unspecified atom stereocenters. The molecule has 1 saturated heterocycles. The maximum absolute atomic E-state index is 13.3. The minimum atomic E-state index is -0.747. The highest BCUT2D eigenvalue weighted by atomic mass is 79.9. The molecular weight excluding hydrogens is 317 g/mol. The summed E-state index contributed by atoms with van der Waals surface area (Å²) in [4.78, 5) is 25.1. The van der Waals surface area contributed by atoms with Crippen molar-refractivity contribution in [1.29, 1.82) is 0 Å². The second-order valence-corrected chi connectivity index (χ2v) is 4.98. The maximum Gasteiger partial charge on any atom is 0.313 e. The molecule has 1 aliphatic rings. The molecule has 0 aromatic heterocycles. The van der Waals surface area contributed by atoms with Gasteiger partial charge in [0.05, 0.1) is 4.47 Å². The van der Waals surface area contributed by atoms with Gasteiger partial charge in [-0.05, 0) is 34.1 Å². The number of nitrogens with one attached hydrogen (secondary N) is 2. The Balaban J connectivity index is 1.99. The number of carbonyl (C=O) groups excluding carboxylic acids is 2. The van der Waals surface area contributed by atoms with Crippen LogP contribution in [0, 0.1) is 5.82 Å². The number of rotatable bonds is 1. The van der Waals surface area contributed by atoms with E-state index < -0.39 is 17.6 Å². The molecule has 2 rings (SSSR count). The average Bonchev–Trinajstić information content (AvgIpc) is 2.43. The van der Waals surface area contributed by atoms with Crippen molar-refractivity contribution in [2.45, 2.75) is 0 Å². The summed E-state index contributed by atoms with van der Waals surface area (Å²) in [5.74, 6) is -1.83. The number of amides is 2. The highest BCUT2D eigenvalue weighted by Gasteiger charge is 2.23. The maximum atomic E-state index is 13.3. The molecule has 1 aromatic rings. The highest BCUT2D eigenvalue weighted by Crippen LogP contribution is 2.19. The summed E-state index contributed by atoms with van der Waals surface area (Å²) in [6.45, 7) is 2.35. The lowest BCUT2D eigenvalue weighted by molar-refractivity contribution is -0.143. The van der Waals surface area contributed by atoms with Crippen molar-refractivity contribution in [3.05, 3.63) is 28.5 Å². The lowest BCUT2D eigenvalue weighted by Gasteiger charge is -2.26. The molecule has 7 heteroatoms. The van der Waals surface area contributed by atoms with Crippen LogP contribution in [-0.2, 0) is 9.59 Å². The first-order chi connectivity index (χ1) is 9.08. The van der Waals surface area contributed by atoms with Crippen molar-refractivity contribution in [1.82, 2.24) is 10.2 Å². The fourth-order valence-corrected chi connectivity index (χ4v) is 2.02. The fraction of sp³-hybridized carbons (Fsp3) is 0.333. The minimum absolute atomic E-state index is 0.259. The predicted octanol–water partition coefficient (Wildman–Crippen LogP) is 0.958. The van der Waals surface area contributed by atoms with Crippen LogP contribution in [0.1, 0.15) is 0 Å². The van der Waals surface area contributed by atoms with Crippen LogP contribution in [0.5, 0.6) is 0 Å². The number of nitrogens with zero attached hydrogens (tertiary/aromatic N) is 1. The quantitative estimate of drug-likeness (QED) is 0.754. The second-order valence-electron chi connectivity index (χ2n) is 4.13. The summed E-state index contributed by atoms with van der Waals surface area (Å²) in [6.07, 6.45) is 0. The summed E-state index contributed by atoms with van der Waals surface area (Å²) < 4.78 is 13.6. The van der Waals surface area contributed by atoms with Crippen LogP contribution < -0.4 is 10.6 Å². The van der Waals surface area contributed by atoms with Crippen LogP contribution in [-0.4, -0.2) is 42.9 Å². The molecule has 0 aliphatic carbocycles. The number of piperazine rings is 1. The van der Waals surface area contributed by atoms with E-state index in [0.29, 0.717) is 30.7 Å². The molecule has 19 heavy (non-hydrogen) atoms. The second kappa shape index (κ2) is 6.12. The third-order valence-corrected chi connectivity index (χ3v) is 3.42. The molecule has 0 saturated carbocycles. The van der Waals surface area contributed by atoms with E-state index >= 15 is 0 Å². The largest absolute Gasteiger partial charge is 0.332 e. The van der Waals surface area contributed by atoms with Crippen LogP contribution in [0.2, 0.25) is 0 Å². The zero-order chi connectivity index (χ0) is 13.8. The summed E-state index contributed by atoms with van der Waals surface area (Å²) in [7, 11) is 0. The van der Waals surface area contributed by atoms with Crippen LogP contribution in [0.4, 0.5) is 10.1 Å². The molecule has 1 fully saturated rings. The number of anilines is 1. The molecule has 5 nitrogen and oxygen atoms in total. The normalized spacial score (nSPS) is 15.2. The SMILES string of the molecule is O=C(Nc1ccc(Br)c(F)c1)C(=O)N1CCNCC1. The summed E-state index contributed by atoms with van der Waals surface area (Å²) >= 11 is 3.02. The number of carbonyl (C=O) groups is 2. The Kier molecular flexibility index (Phi) is 4.49. The van der Waals surface area contributed by atoms with Crippen LogP contribution in [0.15, 0.2) is 22.7 Å². The van der Waals surface area contributed by atoms with E-state index in [1.165, 1.54) is 17.0 Å². The van der Waals surface area contributed by atoms with Crippen molar-refractivity contribution in [3.63, 3.8) is 0 Å². The van der Waals surface area contributed by atoms with Crippen LogP contribution in [0.3, 0.4) is 0 Å². The molecule has 102 valence electrons. The molecule has 2 amide bonds. The first-order valence-electron chi connectivity index (χ1n) is 5.84. The van der Waals surface area contributed by atoms with Crippen LogP contribution >= 0.6 is 15.9 Å². The number of benzene rings is 1. The fourth-order valence-electron chi connectivity index (χ4n) is 1.77. The minimum Gasteiger partial charge on any atom is -0.332 e. The van der Waals surface area contributed by atoms with Gasteiger partial charge in [0.1, 0.15) is 5.82 Å². The van der Waals surface area contributed by atoms with Gasteiger partial charge in [-0.15, -0.1) is 0 Å². The Hall–Kier alpha value is -1.47. The predicted molar refractivity (Wildman–Crippen MR) is 72.2 cm³/mol. The molecule has 0 bridgehead atoms. The van der Waals surface area contributed by atoms with Crippen molar-refractivity contribution in [2.75, 3.05) is 31.5 Å². The van der Waals surface area contributed by atoms with Gasteiger partial charge in [-0.2, -0.15) is 0 Å². The zero-order valence-electron chi connectivity index (χ0n) is 10.1. The highest BCUT2D eigenvalue weighted by molar-refractivity contribution is 9.10. The summed E-state index contributed by atoms with van der Waals surface area (Å²) in [5.41, 5.74) is 0.259. The lowest BCUT2D eigenvalue weighted by atomic mass is 10.3. The topological polar surface area (TPSA) is 61.4 Å². The summed E-state index contributed by atoms with van der Waals surface area (Å²) in [6, 6.07) is 4.16. The summed E-state index contributed by atoms with van der Waals surface area (Å²) in [5, 5.41) is 5.49. The van der Waals surface area contributed by atoms with Gasteiger partial charge < -0.3 is 15.5 Å². The molecule has 0 spiro atoms. The van der Waals surface area contributed by atoms with E-state index in [9.17, 15) is 14.0 Å². The Labute approximate surface area is 118 Å². The van der Waals surface area contributed by atoms with E-state index in [2.05, 4.69) is 26.6 Å². The lowest BCUT2D eigenvalue weighted by Crippen LogP contribution is -2.49. The molecule has 1 aromatic carbocycles. The van der Waals surface area contributed by atoms with E-state index in [4.69, 9.17) is 0 Å². The van der Waals surface area contributed by atoms with E-state index in [-0.39, 0.29) is 5.69 Å². The van der Waals surface area contributed by atoms with Crippen molar-refractivity contribution >= 4 is 33.4 Å². The van der Waals surface area contributed by atoms with Crippen molar-refractivity contribution in [3.8, 4) is 0 Å². The van der Waals surface area contributed by atoms with Crippen molar-refractivity contribution < 1.29 is 14.0 Å². The third kappa shape index (κ3) is 3.51. The van der Waals surface area contributed by atoms with E-state index in [0.717, 1.165) is 6.07 Å². The van der Waals surface area contributed by atoms with Crippen LogP contribution in [0.25, 0.3) is 0 Å². The molecule has 2 N–H and O–H groups in total. The first kappa shape index (κ1) is 14.0. The Morgan fingerprint density at radius 1 is 1.32 bits per heavy atom. The number of hydrogen-bond acceptors (Lipinski definition) is 3. The van der Waals surface area contributed by atoms with Gasteiger partial charge in [-0.3, -0.25) is 9.59 Å². The molecule has 0 atom stereocenters.